The number of carbonyl (C=O) groups is 2. The number of benzene rings is 1. The van der Waals surface area contributed by atoms with E-state index < -0.39 is 11.7 Å². The van der Waals surface area contributed by atoms with Crippen LogP contribution in [0, 0.1) is 0 Å². The fraction of sp³-hybridized carbons (Fsp3) is 0.450. The topological polar surface area (TPSA) is 94.9 Å². The maximum Gasteiger partial charge on any atom is 0.253 e. The van der Waals surface area contributed by atoms with Gasteiger partial charge in [-0.3, -0.25) is 9.59 Å². The molecule has 29 heavy (non-hydrogen) atoms. The van der Waals surface area contributed by atoms with Crippen LogP contribution >= 0.6 is 0 Å². The van der Waals surface area contributed by atoms with Gasteiger partial charge < -0.3 is 29.0 Å². The van der Waals surface area contributed by atoms with E-state index in [4.69, 9.17) is 14.2 Å². The highest BCUT2D eigenvalue weighted by molar-refractivity contribution is 5.95. The number of piperidine rings is 1. The lowest BCUT2D eigenvalue weighted by atomic mass is 9.88. The van der Waals surface area contributed by atoms with Crippen molar-refractivity contribution < 1.29 is 23.8 Å². The second kappa shape index (κ2) is 6.77. The Morgan fingerprint density at radius 2 is 2.00 bits per heavy atom. The van der Waals surface area contributed by atoms with Gasteiger partial charge in [0, 0.05) is 50.9 Å². The monoisotopic (exact) mass is 398 g/mol. The van der Waals surface area contributed by atoms with Gasteiger partial charge in [0.15, 0.2) is 17.6 Å². The van der Waals surface area contributed by atoms with E-state index in [1.165, 1.54) is 0 Å². The number of likely N-dealkylation sites (N-methyl/N-ethyl adjacent to an activating group) is 1. The Morgan fingerprint density at radius 3 is 2.79 bits per heavy atom. The first-order valence-corrected chi connectivity index (χ1v) is 9.69. The lowest BCUT2D eigenvalue weighted by Gasteiger charge is -2.45. The van der Waals surface area contributed by atoms with Crippen LogP contribution in [0.1, 0.15) is 29.0 Å². The Bertz CT molecular complexity index is 964. The third-order valence-corrected chi connectivity index (χ3v) is 5.87. The van der Waals surface area contributed by atoms with Gasteiger partial charge in [0.05, 0.1) is 6.54 Å². The maximum atomic E-state index is 13.0. The van der Waals surface area contributed by atoms with E-state index >= 15 is 0 Å². The molecule has 152 valence electrons. The molecular formula is C20H22N4O5. The van der Waals surface area contributed by atoms with Gasteiger partial charge in [-0.25, -0.2) is 4.98 Å². The van der Waals surface area contributed by atoms with Gasteiger partial charge in [-0.2, -0.15) is 0 Å². The van der Waals surface area contributed by atoms with Crippen molar-refractivity contribution in [3.8, 4) is 11.5 Å². The van der Waals surface area contributed by atoms with Crippen LogP contribution in [0.25, 0.3) is 0 Å². The molecule has 1 N–H and O–H groups in total. The summed E-state index contributed by atoms with van der Waals surface area (Å²) in [5.74, 6) is 1.87. The molecule has 3 aliphatic heterocycles. The summed E-state index contributed by atoms with van der Waals surface area (Å²) >= 11 is 0. The highest BCUT2D eigenvalue weighted by Crippen LogP contribution is 2.40. The van der Waals surface area contributed by atoms with Gasteiger partial charge in [-0.15, -0.1) is 0 Å². The molecule has 9 heteroatoms. The molecule has 2 aromatic rings. The third kappa shape index (κ3) is 2.93. The lowest BCUT2D eigenvalue weighted by Crippen LogP contribution is -2.54. The normalized spacial score (nSPS) is 21.7. The molecule has 2 amide bonds. The molecule has 1 spiro atoms. The molecule has 0 bridgehead atoms. The fourth-order valence-electron chi connectivity index (χ4n) is 4.32. The van der Waals surface area contributed by atoms with E-state index in [1.54, 1.807) is 31.4 Å². The Hall–Kier alpha value is -3.07. The number of carbonyl (C=O) groups excluding carboxylic acids is 2. The van der Waals surface area contributed by atoms with Crippen molar-refractivity contribution in [1.29, 1.82) is 0 Å². The zero-order valence-corrected chi connectivity index (χ0v) is 16.1. The Morgan fingerprint density at radius 1 is 1.21 bits per heavy atom. The molecule has 3 aliphatic rings. The Labute approximate surface area is 167 Å². The van der Waals surface area contributed by atoms with Crippen LogP contribution in [0.2, 0.25) is 0 Å². The second-order valence-corrected chi connectivity index (χ2v) is 7.48. The van der Waals surface area contributed by atoms with E-state index in [9.17, 15) is 9.59 Å². The summed E-state index contributed by atoms with van der Waals surface area (Å²) < 4.78 is 19.0. The number of fused-ring (bicyclic) bond motifs is 3. The first-order valence-electron chi connectivity index (χ1n) is 9.69. The standard InChI is InChI=1S/C20H22N4O5/c1-21-17(25)16-11-24-9-6-22-19(24)20(29-16)4-7-23(8-5-20)18(26)13-2-3-14-15(10-13)28-12-27-14/h2-3,6,9-10,16H,4-5,7-8,11-12H2,1H3,(H,21,25). The second-order valence-electron chi connectivity index (χ2n) is 7.48. The number of nitrogens with one attached hydrogen (secondary N) is 1. The van der Waals surface area contributed by atoms with Crippen molar-refractivity contribution in [2.45, 2.75) is 31.1 Å². The minimum atomic E-state index is -0.662. The van der Waals surface area contributed by atoms with Crippen LogP contribution in [0.15, 0.2) is 30.6 Å². The van der Waals surface area contributed by atoms with Crippen molar-refractivity contribution >= 4 is 11.8 Å². The molecule has 4 heterocycles. The number of hydrogen-bond donors (Lipinski definition) is 1. The molecule has 0 radical (unpaired) electrons. The van der Waals surface area contributed by atoms with Gasteiger partial charge in [0.2, 0.25) is 6.79 Å². The maximum absolute atomic E-state index is 13.0. The van der Waals surface area contributed by atoms with Gasteiger partial charge in [0.1, 0.15) is 11.4 Å². The first-order chi connectivity index (χ1) is 14.1. The first kappa shape index (κ1) is 18.0. The smallest absolute Gasteiger partial charge is 0.253 e. The highest BCUT2D eigenvalue weighted by atomic mass is 16.7. The van der Waals surface area contributed by atoms with Gasteiger partial charge in [-0.1, -0.05) is 0 Å². The number of rotatable bonds is 2. The van der Waals surface area contributed by atoms with Crippen LogP contribution in [0.5, 0.6) is 11.5 Å². The number of amides is 2. The van der Waals surface area contributed by atoms with E-state index in [0.717, 1.165) is 5.82 Å². The number of likely N-dealkylation sites (tertiary alicyclic amines) is 1. The van der Waals surface area contributed by atoms with Gasteiger partial charge in [-0.05, 0) is 18.2 Å². The summed E-state index contributed by atoms with van der Waals surface area (Å²) in [5.41, 5.74) is -0.0931. The van der Waals surface area contributed by atoms with E-state index in [1.807, 2.05) is 15.7 Å². The molecule has 5 rings (SSSR count). The van der Waals surface area contributed by atoms with Crippen molar-refractivity contribution in [2.24, 2.45) is 0 Å². The molecule has 0 saturated carbocycles. The van der Waals surface area contributed by atoms with Gasteiger partial charge in [0.25, 0.3) is 11.8 Å². The largest absolute Gasteiger partial charge is 0.454 e. The highest BCUT2D eigenvalue weighted by Gasteiger charge is 2.47. The molecule has 1 fully saturated rings. The average molecular weight is 398 g/mol. The summed E-state index contributed by atoms with van der Waals surface area (Å²) in [6, 6.07) is 5.24. The number of aromatic nitrogens is 2. The Kier molecular flexibility index (Phi) is 4.20. The lowest BCUT2D eigenvalue weighted by molar-refractivity contribution is -0.171. The van der Waals surface area contributed by atoms with Crippen molar-refractivity contribution in [1.82, 2.24) is 19.8 Å². The predicted molar refractivity (Wildman–Crippen MR) is 101 cm³/mol. The summed E-state index contributed by atoms with van der Waals surface area (Å²) in [6.07, 6.45) is 4.19. The SMILES string of the molecule is CNC(=O)C1Cn2ccnc2C2(CCN(C(=O)c3ccc4c(c3)OCO4)CC2)O1. The van der Waals surface area contributed by atoms with E-state index in [0.29, 0.717) is 49.5 Å². The molecule has 0 aliphatic carbocycles. The number of ether oxygens (including phenoxy) is 3. The third-order valence-electron chi connectivity index (χ3n) is 5.87. The van der Waals surface area contributed by atoms with Crippen molar-refractivity contribution in [3.05, 3.63) is 42.0 Å². The van der Waals surface area contributed by atoms with E-state index in [-0.39, 0.29) is 18.6 Å². The summed E-state index contributed by atoms with van der Waals surface area (Å²) in [7, 11) is 1.61. The number of hydrogen-bond acceptors (Lipinski definition) is 6. The molecule has 1 aromatic carbocycles. The molecule has 1 unspecified atom stereocenters. The van der Waals surface area contributed by atoms with E-state index in [2.05, 4.69) is 10.3 Å². The van der Waals surface area contributed by atoms with Crippen LogP contribution in [0.4, 0.5) is 0 Å². The van der Waals surface area contributed by atoms with Crippen molar-refractivity contribution in [3.63, 3.8) is 0 Å². The molecule has 1 aromatic heterocycles. The summed E-state index contributed by atoms with van der Waals surface area (Å²) in [5, 5.41) is 2.66. The molecular weight excluding hydrogens is 376 g/mol. The average Bonchev–Trinajstić information content (AvgIpc) is 3.42. The zero-order chi connectivity index (χ0) is 20.0. The molecule has 1 atom stereocenters. The number of imidazole rings is 1. The van der Waals surface area contributed by atoms with Gasteiger partial charge >= 0.3 is 0 Å². The quantitative estimate of drug-likeness (QED) is 0.807. The van der Waals surface area contributed by atoms with Crippen LogP contribution in [-0.4, -0.2) is 59.3 Å². The summed E-state index contributed by atoms with van der Waals surface area (Å²) in [6.45, 7) is 1.65. The number of nitrogens with zero attached hydrogens (tertiary/aromatic N) is 3. The van der Waals surface area contributed by atoms with Crippen LogP contribution in [0.3, 0.4) is 0 Å². The van der Waals surface area contributed by atoms with Crippen molar-refractivity contribution in [2.75, 3.05) is 26.9 Å². The fourth-order valence-corrected chi connectivity index (χ4v) is 4.32. The molecule has 9 nitrogen and oxygen atoms in total. The minimum Gasteiger partial charge on any atom is -0.454 e. The molecule has 1 saturated heterocycles. The zero-order valence-electron chi connectivity index (χ0n) is 16.1. The van der Waals surface area contributed by atoms with Crippen LogP contribution in [-0.2, 0) is 21.7 Å². The predicted octanol–water partition coefficient (Wildman–Crippen LogP) is 0.888. The van der Waals surface area contributed by atoms with Crippen LogP contribution < -0.4 is 14.8 Å². The minimum absolute atomic E-state index is 0.0554. The summed E-state index contributed by atoms with van der Waals surface area (Å²) in [4.78, 5) is 31.5. The Balaban J connectivity index is 1.34.